The standard InChI is InChI=1S/C10H10N4O/c11-8-9(12-6-13-10(8)15)14-7-4-2-1-3-5-7/h1-6H,11H2,(H2,12,13,14,15). The minimum atomic E-state index is -0.344. The number of nitrogens with one attached hydrogen (secondary N) is 2. The second-order valence-electron chi connectivity index (χ2n) is 2.98. The molecule has 15 heavy (non-hydrogen) atoms. The lowest BCUT2D eigenvalue weighted by molar-refractivity contribution is 1.13. The molecule has 0 amide bonds. The summed E-state index contributed by atoms with van der Waals surface area (Å²) in [6, 6.07) is 9.39. The highest BCUT2D eigenvalue weighted by molar-refractivity contribution is 5.67. The molecule has 76 valence electrons. The average Bonchev–Trinajstić information content (AvgIpc) is 2.26. The third kappa shape index (κ3) is 1.96. The summed E-state index contributed by atoms with van der Waals surface area (Å²) < 4.78 is 0. The monoisotopic (exact) mass is 202 g/mol. The van der Waals surface area contributed by atoms with Crippen molar-refractivity contribution in [1.82, 2.24) is 9.97 Å². The molecule has 4 N–H and O–H groups in total. The van der Waals surface area contributed by atoms with E-state index in [0.29, 0.717) is 5.82 Å². The van der Waals surface area contributed by atoms with Crippen molar-refractivity contribution in [2.24, 2.45) is 0 Å². The summed E-state index contributed by atoms with van der Waals surface area (Å²) in [4.78, 5) is 17.5. The Hall–Kier alpha value is -2.30. The third-order valence-electron chi connectivity index (χ3n) is 1.93. The molecule has 0 aliphatic heterocycles. The zero-order valence-corrected chi connectivity index (χ0v) is 7.90. The van der Waals surface area contributed by atoms with E-state index in [-0.39, 0.29) is 11.2 Å². The van der Waals surface area contributed by atoms with Gasteiger partial charge in [-0.25, -0.2) is 4.98 Å². The Morgan fingerprint density at radius 3 is 2.73 bits per heavy atom. The number of rotatable bonds is 2. The molecule has 2 aromatic rings. The van der Waals surface area contributed by atoms with Crippen molar-refractivity contribution in [2.45, 2.75) is 0 Å². The molecule has 0 spiro atoms. The molecule has 5 heteroatoms. The zero-order chi connectivity index (χ0) is 10.7. The molecule has 0 fully saturated rings. The highest BCUT2D eigenvalue weighted by Gasteiger charge is 2.03. The van der Waals surface area contributed by atoms with E-state index in [2.05, 4.69) is 15.3 Å². The van der Waals surface area contributed by atoms with Crippen LogP contribution in [0.4, 0.5) is 17.2 Å². The average molecular weight is 202 g/mol. The van der Waals surface area contributed by atoms with Crippen molar-refractivity contribution in [3.05, 3.63) is 47.0 Å². The van der Waals surface area contributed by atoms with Gasteiger partial charge in [-0.2, -0.15) is 0 Å². The van der Waals surface area contributed by atoms with Crippen molar-refractivity contribution < 1.29 is 0 Å². The summed E-state index contributed by atoms with van der Waals surface area (Å²) in [6.07, 6.45) is 1.31. The lowest BCUT2D eigenvalue weighted by Gasteiger charge is -2.06. The molecule has 2 rings (SSSR count). The van der Waals surface area contributed by atoms with Crippen LogP contribution >= 0.6 is 0 Å². The van der Waals surface area contributed by atoms with E-state index >= 15 is 0 Å². The van der Waals surface area contributed by atoms with Crippen molar-refractivity contribution in [3.8, 4) is 0 Å². The van der Waals surface area contributed by atoms with Gasteiger partial charge in [0, 0.05) is 5.69 Å². The minimum absolute atomic E-state index is 0.0846. The normalized spacial score (nSPS) is 9.87. The number of aromatic amines is 1. The quantitative estimate of drug-likeness (QED) is 0.680. The van der Waals surface area contributed by atoms with Crippen LogP contribution < -0.4 is 16.6 Å². The molecular weight excluding hydrogens is 192 g/mol. The first-order valence-corrected chi connectivity index (χ1v) is 4.42. The van der Waals surface area contributed by atoms with Crippen molar-refractivity contribution in [3.63, 3.8) is 0 Å². The van der Waals surface area contributed by atoms with Gasteiger partial charge in [-0.15, -0.1) is 0 Å². The maximum absolute atomic E-state index is 11.2. The van der Waals surface area contributed by atoms with Gasteiger partial charge in [0.15, 0.2) is 5.82 Å². The van der Waals surface area contributed by atoms with E-state index in [1.165, 1.54) is 6.33 Å². The molecule has 1 heterocycles. The van der Waals surface area contributed by atoms with Crippen LogP contribution in [0.2, 0.25) is 0 Å². The van der Waals surface area contributed by atoms with Crippen molar-refractivity contribution in [1.29, 1.82) is 0 Å². The molecule has 1 aromatic heterocycles. The Labute approximate surface area is 86.0 Å². The van der Waals surface area contributed by atoms with Gasteiger partial charge in [0.05, 0.1) is 6.33 Å². The largest absolute Gasteiger partial charge is 0.391 e. The molecule has 0 atom stereocenters. The van der Waals surface area contributed by atoms with Gasteiger partial charge in [0.2, 0.25) is 0 Å². The fourth-order valence-electron chi connectivity index (χ4n) is 1.17. The van der Waals surface area contributed by atoms with Crippen molar-refractivity contribution in [2.75, 3.05) is 11.1 Å². The van der Waals surface area contributed by atoms with Crippen LogP contribution in [0.15, 0.2) is 41.5 Å². The van der Waals surface area contributed by atoms with Gasteiger partial charge >= 0.3 is 0 Å². The number of para-hydroxylation sites is 1. The van der Waals surface area contributed by atoms with Gasteiger partial charge in [-0.1, -0.05) is 18.2 Å². The third-order valence-corrected chi connectivity index (χ3v) is 1.93. The molecule has 0 unspecified atom stereocenters. The van der Waals surface area contributed by atoms with Crippen LogP contribution in [0.3, 0.4) is 0 Å². The first-order chi connectivity index (χ1) is 7.27. The summed E-state index contributed by atoms with van der Waals surface area (Å²) in [6.45, 7) is 0. The number of hydrogen-bond donors (Lipinski definition) is 3. The zero-order valence-electron chi connectivity index (χ0n) is 7.90. The van der Waals surface area contributed by atoms with Crippen LogP contribution in [0, 0.1) is 0 Å². The lowest BCUT2D eigenvalue weighted by Crippen LogP contribution is -2.14. The Morgan fingerprint density at radius 2 is 2.00 bits per heavy atom. The summed E-state index contributed by atoms with van der Waals surface area (Å²) in [5.41, 5.74) is 6.14. The molecule has 0 radical (unpaired) electrons. The number of nitrogens with two attached hydrogens (primary N) is 1. The second-order valence-corrected chi connectivity index (χ2v) is 2.98. The van der Waals surface area contributed by atoms with Crippen LogP contribution in [-0.2, 0) is 0 Å². The Balaban J connectivity index is 2.33. The number of H-pyrrole nitrogens is 1. The maximum Gasteiger partial charge on any atom is 0.276 e. The fourth-order valence-corrected chi connectivity index (χ4v) is 1.17. The molecule has 0 aliphatic rings. The van der Waals surface area contributed by atoms with E-state index in [0.717, 1.165) is 5.69 Å². The van der Waals surface area contributed by atoms with Crippen LogP contribution in [0.25, 0.3) is 0 Å². The van der Waals surface area contributed by atoms with Gasteiger partial charge in [-0.05, 0) is 12.1 Å². The lowest BCUT2D eigenvalue weighted by atomic mass is 10.3. The molecular formula is C10H10N4O. The Kier molecular flexibility index (Phi) is 2.37. The molecule has 0 aliphatic carbocycles. The molecule has 5 nitrogen and oxygen atoms in total. The first kappa shape index (κ1) is 9.26. The Bertz CT molecular complexity index is 506. The maximum atomic E-state index is 11.2. The highest BCUT2D eigenvalue weighted by atomic mass is 16.1. The molecule has 1 aromatic carbocycles. The molecule has 0 saturated carbocycles. The fraction of sp³-hybridized carbons (Fsp3) is 0. The van der Waals surface area contributed by atoms with E-state index < -0.39 is 0 Å². The van der Waals surface area contributed by atoms with Gasteiger partial charge in [0.25, 0.3) is 5.56 Å². The van der Waals surface area contributed by atoms with Gasteiger partial charge in [0.1, 0.15) is 5.69 Å². The van der Waals surface area contributed by atoms with Crippen LogP contribution in [-0.4, -0.2) is 9.97 Å². The second kappa shape index (κ2) is 3.83. The highest BCUT2D eigenvalue weighted by Crippen LogP contribution is 2.15. The van der Waals surface area contributed by atoms with Crippen molar-refractivity contribution >= 4 is 17.2 Å². The summed E-state index contributed by atoms with van der Waals surface area (Å²) in [7, 11) is 0. The summed E-state index contributed by atoms with van der Waals surface area (Å²) >= 11 is 0. The number of benzene rings is 1. The first-order valence-electron chi connectivity index (χ1n) is 4.42. The van der Waals surface area contributed by atoms with Gasteiger partial charge in [-0.3, -0.25) is 4.79 Å². The van der Waals surface area contributed by atoms with Crippen LogP contribution in [0.5, 0.6) is 0 Å². The van der Waals surface area contributed by atoms with Crippen LogP contribution in [0.1, 0.15) is 0 Å². The number of nitrogens with zero attached hydrogens (tertiary/aromatic N) is 1. The predicted octanol–water partition coefficient (Wildman–Crippen LogP) is 1.10. The smallest absolute Gasteiger partial charge is 0.276 e. The molecule has 0 bridgehead atoms. The summed E-state index contributed by atoms with van der Waals surface area (Å²) in [5.74, 6) is 0.366. The minimum Gasteiger partial charge on any atom is -0.391 e. The molecule has 0 saturated heterocycles. The van der Waals surface area contributed by atoms with E-state index in [1.54, 1.807) is 0 Å². The van der Waals surface area contributed by atoms with E-state index in [9.17, 15) is 4.79 Å². The number of aromatic nitrogens is 2. The van der Waals surface area contributed by atoms with E-state index in [4.69, 9.17) is 5.73 Å². The number of nitrogen functional groups attached to an aromatic ring is 1. The topological polar surface area (TPSA) is 83.8 Å². The number of anilines is 3. The SMILES string of the molecule is Nc1c(Nc2ccccc2)nc[nH]c1=O. The summed E-state index contributed by atoms with van der Waals surface area (Å²) in [5, 5.41) is 2.96. The Morgan fingerprint density at radius 1 is 1.27 bits per heavy atom. The van der Waals surface area contributed by atoms with E-state index in [1.807, 2.05) is 30.3 Å². The van der Waals surface area contributed by atoms with Gasteiger partial charge < -0.3 is 16.0 Å². The number of hydrogen-bond acceptors (Lipinski definition) is 4. The predicted molar refractivity (Wildman–Crippen MR) is 59.0 cm³/mol.